The van der Waals surface area contributed by atoms with E-state index in [0.717, 1.165) is 25.7 Å². The molecule has 1 N–H and O–H groups in total. The minimum atomic E-state index is -1.12. The number of aliphatic hydroxyl groups is 1. The third-order valence-electron chi connectivity index (χ3n) is 3.94. The lowest BCUT2D eigenvalue weighted by Crippen LogP contribution is -2.40. The van der Waals surface area contributed by atoms with E-state index in [2.05, 4.69) is 19.9 Å². The predicted octanol–water partition coefficient (Wildman–Crippen LogP) is 3.76. The Balaban J connectivity index is 2.18. The molecule has 2 rings (SSSR count). The highest BCUT2D eigenvalue weighted by atomic mass is 16.3. The van der Waals surface area contributed by atoms with Crippen molar-refractivity contribution in [1.29, 1.82) is 0 Å². The second kappa shape index (κ2) is 5.87. The number of ketones is 1. The lowest BCUT2D eigenvalue weighted by molar-refractivity contribution is 0.0116. The number of hydrogen-bond donors (Lipinski definition) is 1. The molecule has 1 aromatic rings. The summed E-state index contributed by atoms with van der Waals surface area (Å²) in [6, 6.07) is 7.77. The number of carbonyl (C=O) groups is 1. The maximum Gasteiger partial charge on any atom is 0.194 e. The Labute approximate surface area is 115 Å². The van der Waals surface area contributed by atoms with Crippen molar-refractivity contribution in [2.24, 2.45) is 5.92 Å². The van der Waals surface area contributed by atoms with Crippen LogP contribution in [0.4, 0.5) is 0 Å². The van der Waals surface area contributed by atoms with Crippen LogP contribution in [0.1, 0.15) is 61.9 Å². The SMILES string of the molecule is CC(C)Cc1cccc(C(=O)C2(O)CCCCC2)c1. The number of hydrogen-bond acceptors (Lipinski definition) is 2. The van der Waals surface area contributed by atoms with Gasteiger partial charge in [-0.05, 0) is 36.8 Å². The molecular formula is C17H24O2. The minimum absolute atomic E-state index is 0.0854. The summed E-state index contributed by atoms with van der Waals surface area (Å²) in [6.45, 7) is 4.34. The van der Waals surface area contributed by atoms with Gasteiger partial charge in [-0.25, -0.2) is 0 Å². The summed E-state index contributed by atoms with van der Waals surface area (Å²) in [5.41, 5.74) is 0.733. The molecule has 0 saturated heterocycles. The van der Waals surface area contributed by atoms with Gasteiger partial charge in [0.15, 0.2) is 5.78 Å². The van der Waals surface area contributed by atoms with Crippen LogP contribution in [0.2, 0.25) is 0 Å². The van der Waals surface area contributed by atoms with Crippen LogP contribution in [-0.2, 0) is 6.42 Å². The standard InChI is InChI=1S/C17H24O2/c1-13(2)11-14-7-6-8-15(12-14)16(18)17(19)9-4-3-5-10-17/h6-8,12-13,19H,3-5,9-11H2,1-2H3. The highest BCUT2D eigenvalue weighted by molar-refractivity contribution is 6.02. The van der Waals surface area contributed by atoms with E-state index in [1.807, 2.05) is 18.2 Å². The molecule has 0 amide bonds. The van der Waals surface area contributed by atoms with Gasteiger partial charge in [-0.2, -0.15) is 0 Å². The first kappa shape index (κ1) is 14.3. The number of Topliss-reactive ketones (excluding diaryl/α,β-unsaturated/α-hetero) is 1. The Morgan fingerprint density at radius 3 is 2.58 bits per heavy atom. The van der Waals surface area contributed by atoms with E-state index >= 15 is 0 Å². The fourth-order valence-electron chi connectivity index (χ4n) is 2.94. The zero-order chi connectivity index (χ0) is 13.9. The van der Waals surface area contributed by atoms with Gasteiger partial charge in [-0.3, -0.25) is 4.79 Å². The quantitative estimate of drug-likeness (QED) is 0.837. The number of carbonyl (C=O) groups excluding carboxylic acids is 1. The van der Waals surface area contributed by atoms with Gasteiger partial charge in [-0.1, -0.05) is 51.3 Å². The summed E-state index contributed by atoms with van der Waals surface area (Å²) in [5, 5.41) is 10.5. The molecule has 0 atom stereocenters. The topological polar surface area (TPSA) is 37.3 Å². The highest BCUT2D eigenvalue weighted by Gasteiger charge is 2.37. The van der Waals surface area contributed by atoms with Crippen molar-refractivity contribution in [3.8, 4) is 0 Å². The normalized spacial score (nSPS) is 18.5. The summed E-state index contributed by atoms with van der Waals surface area (Å²) in [5.74, 6) is 0.487. The van der Waals surface area contributed by atoms with Crippen molar-refractivity contribution in [2.45, 2.75) is 58.0 Å². The van der Waals surface area contributed by atoms with Crippen molar-refractivity contribution >= 4 is 5.78 Å². The molecule has 0 spiro atoms. The van der Waals surface area contributed by atoms with E-state index in [0.29, 0.717) is 24.3 Å². The van der Waals surface area contributed by atoms with Crippen LogP contribution in [-0.4, -0.2) is 16.5 Å². The maximum atomic E-state index is 12.5. The third kappa shape index (κ3) is 3.44. The van der Waals surface area contributed by atoms with Crippen molar-refractivity contribution in [1.82, 2.24) is 0 Å². The molecule has 0 aromatic heterocycles. The molecule has 1 aromatic carbocycles. The van der Waals surface area contributed by atoms with Gasteiger partial charge >= 0.3 is 0 Å². The molecule has 2 heteroatoms. The first-order chi connectivity index (χ1) is 9.01. The first-order valence-electron chi connectivity index (χ1n) is 7.37. The van der Waals surface area contributed by atoms with Crippen LogP contribution in [0.15, 0.2) is 24.3 Å². The largest absolute Gasteiger partial charge is 0.382 e. The number of rotatable bonds is 4. The Kier molecular flexibility index (Phi) is 4.41. The average Bonchev–Trinajstić information content (AvgIpc) is 2.38. The summed E-state index contributed by atoms with van der Waals surface area (Å²) in [6.07, 6.45) is 5.23. The van der Waals surface area contributed by atoms with Gasteiger partial charge in [0.05, 0.1) is 0 Å². The zero-order valence-corrected chi connectivity index (χ0v) is 12.0. The summed E-state index contributed by atoms with van der Waals surface area (Å²) >= 11 is 0. The summed E-state index contributed by atoms with van der Waals surface area (Å²) in [4.78, 5) is 12.5. The molecule has 0 heterocycles. The lowest BCUT2D eigenvalue weighted by Gasteiger charge is -2.30. The Hall–Kier alpha value is -1.15. The second-order valence-electron chi connectivity index (χ2n) is 6.22. The Morgan fingerprint density at radius 1 is 1.26 bits per heavy atom. The van der Waals surface area contributed by atoms with E-state index in [-0.39, 0.29) is 5.78 Å². The lowest BCUT2D eigenvalue weighted by atomic mass is 9.79. The predicted molar refractivity (Wildman–Crippen MR) is 77.3 cm³/mol. The maximum absolute atomic E-state index is 12.5. The molecule has 0 unspecified atom stereocenters. The zero-order valence-electron chi connectivity index (χ0n) is 12.0. The van der Waals surface area contributed by atoms with Crippen molar-refractivity contribution in [3.63, 3.8) is 0 Å². The van der Waals surface area contributed by atoms with E-state index in [9.17, 15) is 9.90 Å². The van der Waals surface area contributed by atoms with Crippen LogP contribution in [0, 0.1) is 5.92 Å². The van der Waals surface area contributed by atoms with Crippen LogP contribution in [0.25, 0.3) is 0 Å². The monoisotopic (exact) mass is 260 g/mol. The van der Waals surface area contributed by atoms with Gasteiger partial charge in [0.2, 0.25) is 0 Å². The van der Waals surface area contributed by atoms with E-state index in [1.165, 1.54) is 5.56 Å². The van der Waals surface area contributed by atoms with Crippen molar-refractivity contribution in [2.75, 3.05) is 0 Å². The van der Waals surface area contributed by atoms with Gasteiger partial charge < -0.3 is 5.11 Å². The average molecular weight is 260 g/mol. The van der Waals surface area contributed by atoms with Crippen LogP contribution in [0.3, 0.4) is 0 Å². The van der Waals surface area contributed by atoms with Crippen LogP contribution >= 0.6 is 0 Å². The fourth-order valence-corrected chi connectivity index (χ4v) is 2.94. The Bertz CT molecular complexity index is 442. The van der Waals surface area contributed by atoms with Crippen LogP contribution < -0.4 is 0 Å². The molecule has 0 aliphatic heterocycles. The Morgan fingerprint density at radius 2 is 1.95 bits per heavy atom. The molecule has 2 nitrogen and oxygen atoms in total. The molecule has 1 aliphatic rings. The molecule has 104 valence electrons. The first-order valence-corrected chi connectivity index (χ1v) is 7.37. The molecule has 1 fully saturated rings. The smallest absolute Gasteiger partial charge is 0.194 e. The van der Waals surface area contributed by atoms with Crippen molar-refractivity contribution in [3.05, 3.63) is 35.4 Å². The number of benzene rings is 1. The van der Waals surface area contributed by atoms with Gasteiger partial charge in [0.1, 0.15) is 5.60 Å². The van der Waals surface area contributed by atoms with E-state index < -0.39 is 5.60 Å². The molecular weight excluding hydrogens is 236 g/mol. The molecule has 0 radical (unpaired) electrons. The van der Waals surface area contributed by atoms with Gasteiger partial charge in [-0.15, -0.1) is 0 Å². The summed E-state index contributed by atoms with van der Waals surface area (Å²) < 4.78 is 0. The van der Waals surface area contributed by atoms with Crippen LogP contribution in [0.5, 0.6) is 0 Å². The van der Waals surface area contributed by atoms with Gasteiger partial charge in [0.25, 0.3) is 0 Å². The van der Waals surface area contributed by atoms with E-state index in [4.69, 9.17) is 0 Å². The highest BCUT2D eigenvalue weighted by Crippen LogP contribution is 2.31. The second-order valence-corrected chi connectivity index (χ2v) is 6.22. The minimum Gasteiger partial charge on any atom is -0.382 e. The van der Waals surface area contributed by atoms with Crippen molar-refractivity contribution < 1.29 is 9.90 Å². The fraction of sp³-hybridized carbons (Fsp3) is 0.588. The molecule has 19 heavy (non-hydrogen) atoms. The molecule has 1 saturated carbocycles. The van der Waals surface area contributed by atoms with E-state index in [1.54, 1.807) is 0 Å². The summed E-state index contributed by atoms with van der Waals surface area (Å²) in [7, 11) is 0. The van der Waals surface area contributed by atoms with Gasteiger partial charge in [0, 0.05) is 5.56 Å². The molecule has 1 aliphatic carbocycles. The third-order valence-corrected chi connectivity index (χ3v) is 3.94. The molecule has 0 bridgehead atoms.